The van der Waals surface area contributed by atoms with E-state index in [4.69, 9.17) is 0 Å². The van der Waals surface area contributed by atoms with Crippen molar-refractivity contribution in [3.63, 3.8) is 0 Å². The predicted molar refractivity (Wildman–Crippen MR) is 64.9 cm³/mol. The molecule has 5 heteroatoms. The zero-order valence-electron chi connectivity index (χ0n) is 8.50. The van der Waals surface area contributed by atoms with Gasteiger partial charge in [0, 0.05) is 15.9 Å². The molecule has 1 aromatic heterocycles. The third kappa shape index (κ3) is 2.24. The number of rotatable bonds is 3. The first kappa shape index (κ1) is 11.1. The summed E-state index contributed by atoms with van der Waals surface area (Å²) in [4.78, 5) is 15.0. The van der Waals surface area contributed by atoms with Crippen molar-refractivity contribution in [2.45, 2.75) is 19.0 Å². The second kappa shape index (κ2) is 4.63. The lowest BCUT2D eigenvalue weighted by atomic mass is 10.3. The van der Waals surface area contributed by atoms with Crippen LogP contribution in [0, 0.1) is 0 Å². The molecule has 1 aliphatic heterocycles. The Morgan fingerprint density at radius 1 is 1.73 bits per heavy atom. The average molecular weight is 289 g/mol. The fourth-order valence-electron chi connectivity index (χ4n) is 1.78. The molecule has 0 aromatic carbocycles. The Labute approximate surface area is 102 Å². The van der Waals surface area contributed by atoms with Gasteiger partial charge < -0.3 is 10.2 Å². The summed E-state index contributed by atoms with van der Waals surface area (Å²) in [6.45, 7) is 1.59. The summed E-state index contributed by atoms with van der Waals surface area (Å²) < 4.78 is 1.10. The summed E-state index contributed by atoms with van der Waals surface area (Å²) >= 11 is 5.17. The van der Waals surface area contributed by atoms with Crippen molar-refractivity contribution in [1.29, 1.82) is 0 Å². The molecule has 1 aromatic rings. The van der Waals surface area contributed by atoms with Gasteiger partial charge in [-0.15, -0.1) is 11.3 Å². The van der Waals surface area contributed by atoms with Crippen LogP contribution in [0.25, 0.3) is 0 Å². The molecule has 1 atom stereocenters. The van der Waals surface area contributed by atoms with E-state index in [0.29, 0.717) is 0 Å². The summed E-state index contributed by atoms with van der Waals surface area (Å²) in [5.41, 5.74) is 0. The first-order valence-electron chi connectivity index (χ1n) is 4.90. The number of amides is 1. The van der Waals surface area contributed by atoms with Crippen LogP contribution in [-0.4, -0.2) is 30.4 Å². The highest BCUT2D eigenvalue weighted by Gasteiger charge is 2.30. The Balaban J connectivity index is 2.03. The van der Waals surface area contributed by atoms with Gasteiger partial charge in [-0.25, -0.2) is 0 Å². The number of thiophene rings is 1. The van der Waals surface area contributed by atoms with Crippen molar-refractivity contribution in [3.05, 3.63) is 20.8 Å². The molecule has 1 fully saturated rings. The van der Waals surface area contributed by atoms with E-state index >= 15 is 0 Å². The number of hydrogen-bond acceptors (Lipinski definition) is 3. The lowest BCUT2D eigenvalue weighted by Crippen LogP contribution is -2.35. The van der Waals surface area contributed by atoms with Crippen LogP contribution in [0.1, 0.15) is 11.3 Å². The number of carbonyl (C=O) groups excluding carboxylic acids is 1. The second-order valence-electron chi connectivity index (χ2n) is 3.58. The van der Waals surface area contributed by atoms with Gasteiger partial charge in [-0.05, 0) is 40.8 Å². The van der Waals surface area contributed by atoms with E-state index < -0.39 is 0 Å². The third-order valence-electron chi connectivity index (χ3n) is 2.67. The van der Waals surface area contributed by atoms with Gasteiger partial charge in [0.25, 0.3) is 0 Å². The van der Waals surface area contributed by atoms with E-state index in [-0.39, 0.29) is 11.9 Å². The van der Waals surface area contributed by atoms with E-state index in [1.54, 1.807) is 11.3 Å². The molecule has 82 valence electrons. The van der Waals surface area contributed by atoms with Crippen LogP contribution in [0.2, 0.25) is 0 Å². The van der Waals surface area contributed by atoms with E-state index in [2.05, 4.69) is 21.2 Å². The third-order valence-corrected chi connectivity index (χ3v) is 4.58. The molecule has 3 nitrogen and oxygen atoms in total. The summed E-state index contributed by atoms with van der Waals surface area (Å²) in [5.74, 6) is 0.220. The SMILES string of the molecule is CNC1CCN(Cc2sccc2Br)C1=O. The number of hydrogen-bond donors (Lipinski definition) is 1. The molecule has 0 radical (unpaired) electrons. The molecule has 1 amide bonds. The minimum absolute atomic E-state index is 0.0173. The zero-order valence-corrected chi connectivity index (χ0v) is 10.9. The van der Waals surface area contributed by atoms with Gasteiger partial charge in [-0.1, -0.05) is 0 Å². The summed E-state index contributed by atoms with van der Waals surface area (Å²) in [6, 6.07) is 2.04. The number of likely N-dealkylation sites (tertiary alicyclic amines) is 1. The highest BCUT2D eigenvalue weighted by Crippen LogP contribution is 2.25. The van der Waals surface area contributed by atoms with Crippen LogP contribution in [0.15, 0.2) is 15.9 Å². The number of nitrogens with one attached hydrogen (secondary N) is 1. The van der Waals surface area contributed by atoms with E-state index in [0.717, 1.165) is 24.0 Å². The van der Waals surface area contributed by atoms with Gasteiger partial charge in [-0.2, -0.15) is 0 Å². The first-order valence-corrected chi connectivity index (χ1v) is 6.57. The quantitative estimate of drug-likeness (QED) is 0.920. The zero-order chi connectivity index (χ0) is 10.8. The van der Waals surface area contributed by atoms with Crippen molar-refractivity contribution in [2.75, 3.05) is 13.6 Å². The maximum Gasteiger partial charge on any atom is 0.240 e. The smallest absolute Gasteiger partial charge is 0.240 e. The monoisotopic (exact) mass is 288 g/mol. The molecule has 1 aliphatic rings. The minimum atomic E-state index is 0.0173. The molecule has 1 unspecified atom stereocenters. The lowest BCUT2D eigenvalue weighted by molar-refractivity contribution is -0.129. The standard InChI is InChI=1S/C10H13BrN2OS/c1-12-8-2-4-13(10(8)14)6-9-7(11)3-5-15-9/h3,5,8,12H,2,4,6H2,1H3. The van der Waals surface area contributed by atoms with Crippen LogP contribution in [0.4, 0.5) is 0 Å². The Kier molecular flexibility index (Phi) is 3.43. The van der Waals surface area contributed by atoms with Gasteiger partial charge in [0.1, 0.15) is 0 Å². The van der Waals surface area contributed by atoms with Gasteiger partial charge in [0.05, 0.1) is 12.6 Å². The number of halogens is 1. The predicted octanol–water partition coefficient (Wildman–Crippen LogP) is 1.83. The van der Waals surface area contributed by atoms with Crippen LogP contribution >= 0.6 is 27.3 Å². The molecule has 0 saturated carbocycles. The van der Waals surface area contributed by atoms with Crippen LogP contribution in [-0.2, 0) is 11.3 Å². The molecule has 0 bridgehead atoms. The van der Waals surface area contributed by atoms with Crippen LogP contribution < -0.4 is 5.32 Å². The fourth-order valence-corrected chi connectivity index (χ4v) is 3.27. The van der Waals surface area contributed by atoms with E-state index in [1.165, 1.54) is 4.88 Å². The summed E-state index contributed by atoms with van der Waals surface area (Å²) in [5, 5.41) is 5.08. The van der Waals surface area contributed by atoms with Crippen molar-refractivity contribution >= 4 is 33.2 Å². The van der Waals surface area contributed by atoms with Crippen molar-refractivity contribution in [3.8, 4) is 0 Å². The van der Waals surface area contributed by atoms with Gasteiger partial charge >= 0.3 is 0 Å². The molecule has 2 rings (SSSR count). The van der Waals surface area contributed by atoms with Crippen LogP contribution in [0.5, 0.6) is 0 Å². The molecule has 2 heterocycles. The first-order chi connectivity index (χ1) is 7.22. The maximum absolute atomic E-state index is 11.8. The van der Waals surface area contributed by atoms with Gasteiger partial charge in [0.15, 0.2) is 0 Å². The van der Waals surface area contributed by atoms with Gasteiger partial charge in [0.2, 0.25) is 5.91 Å². The average Bonchev–Trinajstić information content (AvgIpc) is 2.77. The van der Waals surface area contributed by atoms with E-state index in [1.807, 2.05) is 23.4 Å². The number of nitrogens with zero attached hydrogens (tertiary/aromatic N) is 1. The lowest BCUT2D eigenvalue weighted by Gasteiger charge is -2.15. The largest absolute Gasteiger partial charge is 0.336 e. The number of likely N-dealkylation sites (N-methyl/N-ethyl adjacent to an activating group) is 1. The minimum Gasteiger partial charge on any atom is -0.336 e. The Bertz CT molecular complexity index is 366. The summed E-state index contributed by atoms with van der Waals surface area (Å²) in [7, 11) is 1.84. The topological polar surface area (TPSA) is 32.3 Å². The highest BCUT2D eigenvalue weighted by molar-refractivity contribution is 9.10. The van der Waals surface area contributed by atoms with E-state index in [9.17, 15) is 4.79 Å². The molecule has 0 aliphatic carbocycles. The van der Waals surface area contributed by atoms with Crippen molar-refractivity contribution < 1.29 is 4.79 Å². The van der Waals surface area contributed by atoms with Crippen molar-refractivity contribution in [1.82, 2.24) is 10.2 Å². The Morgan fingerprint density at radius 3 is 3.07 bits per heavy atom. The number of carbonyl (C=O) groups is 1. The Hall–Kier alpha value is -0.390. The van der Waals surface area contributed by atoms with Crippen LogP contribution in [0.3, 0.4) is 0 Å². The molecule has 15 heavy (non-hydrogen) atoms. The molecule has 0 spiro atoms. The summed E-state index contributed by atoms with van der Waals surface area (Å²) in [6.07, 6.45) is 0.915. The molecule has 1 saturated heterocycles. The highest BCUT2D eigenvalue weighted by atomic mass is 79.9. The van der Waals surface area contributed by atoms with Crippen molar-refractivity contribution in [2.24, 2.45) is 0 Å². The Morgan fingerprint density at radius 2 is 2.53 bits per heavy atom. The maximum atomic E-state index is 11.8. The second-order valence-corrected chi connectivity index (χ2v) is 5.44. The molecular weight excluding hydrogens is 276 g/mol. The molecular formula is C10H13BrN2OS. The fraction of sp³-hybridized carbons (Fsp3) is 0.500. The van der Waals surface area contributed by atoms with Gasteiger partial charge in [-0.3, -0.25) is 4.79 Å². The normalized spacial score (nSPS) is 21.3. The molecule has 1 N–H and O–H groups in total.